The molecule has 2 aliphatic rings. The maximum atomic E-state index is 14.7. The second-order valence-corrected chi connectivity index (χ2v) is 6.36. The lowest BCUT2D eigenvalue weighted by Crippen LogP contribution is -2.42. The Morgan fingerprint density at radius 3 is 2.74 bits per heavy atom. The molecule has 0 spiro atoms. The smallest absolute Gasteiger partial charge is 0.201 e. The molecule has 2 aliphatic heterocycles. The molecule has 0 N–H and O–H groups in total. The molecule has 3 heterocycles. The summed E-state index contributed by atoms with van der Waals surface area (Å²) in [6.07, 6.45) is 2.09. The number of hydrazine groups is 1. The summed E-state index contributed by atoms with van der Waals surface area (Å²) >= 11 is 11.6. The van der Waals surface area contributed by atoms with Crippen LogP contribution in [0.3, 0.4) is 0 Å². The molecular weight excluding hydrogens is 339 g/mol. The van der Waals surface area contributed by atoms with E-state index in [4.69, 9.17) is 28.2 Å². The van der Waals surface area contributed by atoms with Gasteiger partial charge in [0.25, 0.3) is 0 Å². The Hall–Kier alpha value is -1.86. The van der Waals surface area contributed by atoms with Crippen molar-refractivity contribution in [2.24, 2.45) is 0 Å². The number of rotatable bonds is 1. The summed E-state index contributed by atoms with van der Waals surface area (Å²) in [7, 11) is 0. The van der Waals surface area contributed by atoms with Gasteiger partial charge < -0.3 is 4.42 Å². The van der Waals surface area contributed by atoms with Crippen LogP contribution in [0.2, 0.25) is 5.02 Å². The van der Waals surface area contributed by atoms with Gasteiger partial charge in [0.2, 0.25) is 5.11 Å². The highest BCUT2D eigenvalue weighted by Gasteiger charge is 2.40. The van der Waals surface area contributed by atoms with E-state index >= 15 is 0 Å². The summed E-state index contributed by atoms with van der Waals surface area (Å²) < 4.78 is 20.2. The van der Waals surface area contributed by atoms with Crippen LogP contribution in [0.5, 0.6) is 0 Å². The summed E-state index contributed by atoms with van der Waals surface area (Å²) in [6, 6.07) is 1.23. The Morgan fingerprint density at radius 2 is 2.04 bits per heavy atom. The van der Waals surface area contributed by atoms with E-state index in [1.165, 1.54) is 6.07 Å². The Balaban J connectivity index is 1.92. The number of anilines is 1. The number of fused-ring (bicyclic) bond motifs is 2. The van der Waals surface area contributed by atoms with Crippen molar-refractivity contribution in [3.63, 3.8) is 0 Å². The second kappa shape index (κ2) is 5.07. The normalized spacial score (nSPS) is 18.3. The van der Waals surface area contributed by atoms with Crippen molar-refractivity contribution in [3.8, 4) is 0 Å². The van der Waals surface area contributed by atoms with Gasteiger partial charge in [-0.2, -0.15) is 0 Å². The van der Waals surface area contributed by atoms with Gasteiger partial charge in [0, 0.05) is 20.0 Å². The van der Waals surface area contributed by atoms with Crippen LogP contribution in [0.4, 0.5) is 10.1 Å². The molecule has 5 nitrogen and oxygen atoms in total. The fourth-order valence-electron chi connectivity index (χ4n) is 3.12. The Labute approximate surface area is 142 Å². The zero-order valence-corrected chi connectivity index (χ0v) is 14.0. The molecule has 0 aliphatic carbocycles. The third-order valence-corrected chi connectivity index (χ3v) is 4.80. The monoisotopic (exact) mass is 352 g/mol. The molecule has 0 bridgehead atoms. The first-order valence-electron chi connectivity index (χ1n) is 7.32. The molecule has 1 aromatic carbocycles. The van der Waals surface area contributed by atoms with E-state index in [1.54, 1.807) is 11.8 Å². The molecule has 2 saturated heterocycles. The van der Waals surface area contributed by atoms with E-state index in [-0.39, 0.29) is 10.7 Å². The van der Waals surface area contributed by atoms with Gasteiger partial charge in [0.15, 0.2) is 17.3 Å². The van der Waals surface area contributed by atoms with Crippen molar-refractivity contribution < 1.29 is 8.81 Å². The van der Waals surface area contributed by atoms with Crippen molar-refractivity contribution in [1.82, 2.24) is 15.0 Å². The van der Waals surface area contributed by atoms with Crippen molar-refractivity contribution >= 4 is 45.7 Å². The minimum atomic E-state index is -0.500. The number of oxazole rings is 1. The van der Waals surface area contributed by atoms with E-state index in [0.29, 0.717) is 27.9 Å². The number of hydrogen-bond acceptors (Lipinski definition) is 4. The third-order valence-electron chi connectivity index (χ3n) is 4.13. The second-order valence-electron chi connectivity index (χ2n) is 5.59. The number of aromatic nitrogens is 1. The largest absolute Gasteiger partial charge is 0.439 e. The highest BCUT2D eigenvalue weighted by atomic mass is 35.5. The number of thiocarbonyl (C=S) groups is 1. The summed E-state index contributed by atoms with van der Waals surface area (Å²) in [5.41, 5.74) is 0.957. The van der Waals surface area contributed by atoms with Crippen LogP contribution in [0, 0.1) is 12.7 Å². The first kappa shape index (κ1) is 14.7. The minimum Gasteiger partial charge on any atom is -0.439 e. The van der Waals surface area contributed by atoms with Gasteiger partial charge >= 0.3 is 0 Å². The molecule has 8 heteroatoms. The van der Waals surface area contributed by atoms with E-state index in [9.17, 15) is 4.39 Å². The highest BCUT2D eigenvalue weighted by Crippen LogP contribution is 2.40. The average Bonchev–Trinajstić information content (AvgIpc) is 3.02. The molecule has 1 aromatic heterocycles. The van der Waals surface area contributed by atoms with Gasteiger partial charge in [-0.05, 0) is 31.1 Å². The Kier molecular flexibility index (Phi) is 3.24. The summed E-state index contributed by atoms with van der Waals surface area (Å²) in [5, 5.41) is 4.63. The SMILES string of the molecule is C=C1N(c2c(F)cc(Cl)c3oc(C)nc23)C(=S)N2CCCCN12. The summed E-state index contributed by atoms with van der Waals surface area (Å²) in [6.45, 7) is 7.39. The van der Waals surface area contributed by atoms with Crippen LogP contribution in [-0.2, 0) is 0 Å². The maximum absolute atomic E-state index is 14.7. The molecule has 120 valence electrons. The number of halogens is 2. The number of benzene rings is 1. The molecule has 0 radical (unpaired) electrons. The van der Waals surface area contributed by atoms with Crippen LogP contribution >= 0.6 is 23.8 Å². The fraction of sp³-hybridized carbons (Fsp3) is 0.333. The van der Waals surface area contributed by atoms with Crippen molar-refractivity contribution in [2.75, 3.05) is 18.0 Å². The first-order valence-corrected chi connectivity index (χ1v) is 8.11. The fourth-order valence-corrected chi connectivity index (χ4v) is 3.73. The van der Waals surface area contributed by atoms with Gasteiger partial charge in [0.05, 0.1) is 5.02 Å². The topological polar surface area (TPSA) is 35.8 Å². The molecular formula is C15H14ClFN4OS. The predicted octanol–water partition coefficient (Wildman–Crippen LogP) is 3.82. The number of hydrogen-bond donors (Lipinski definition) is 0. The van der Waals surface area contributed by atoms with Crippen LogP contribution in [0.15, 0.2) is 22.9 Å². The Morgan fingerprint density at radius 1 is 1.35 bits per heavy atom. The molecule has 2 fully saturated rings. The standard InChI is InChI=1S/C15H14ClFN4OS/c1-8-18-12-13(11(17)7-10(16)14(12)22-8)21-9(2)19-5-3-4-6-20(19)15(21)23/h7H,2-6H2,1H3. The van der Waals surface area contributed by atoms with Crippen molar-refractivity contribution in [2.45, 2.75) is 19.8 Å². The lowest BCUT2D eigenvalue weighted by molar-refractivity contribution is 0.0757. The molecule has 23 heavy (non-hydrogen) atoms. The van der Waals surface area contributed by atoms with Gasteiger partial charge in [-0.1, -0.05) is 18.2 Å². The zero-order valence-electron chi connectivity index (χ0n) is 12.5. The molecule has 2 aromatic rings. The van der Waals surface area contributed by atoms with Crippen LogP contribution in [-0.4, -0.2) is 33.2 Å². The first-order chi connectivity index (χ1) is 11.0. The van der Waals surface area contributed by atoms with Gasteiger partial charge in [0.1, 0.15) is 17.0 Å². The number of nitrogens with zero attached hydrogens (tertiary/aromatic N) is 4. The molecule has 0 saturated carbocycles. The third kappa shape index (κ3) is 2.03. The van der Waals surface area contributed by atoms with Crippen LogP contribution < -0.4 is 4.90 Å². The van der Waals surface area contributed by atoms with Crippen LogP contribution in [0.25, 0.3) is 11.1 Å². The van der Waals surface area contributed by atoms with E-state index in [1.807, 2.05) is 10.0 Å². The van der Waals surface area contributed by atoms with Gasteiger partial charge in [-0.3, -0.25) is 14.9 Å². The zero-order chi connectivity index (χ0) is 16.3. The van der Waals surface area contributed by atoms with E-state index < -0.39 is 5.82 Å². The van der Waals surface area contributed by atoms with E-state index in [0.717, 1.165) is 25.9 Å². The minimum absolute atomic E-state index is 0.190. The van der Waals surface area contributed by atoms with Gasteiger partial charge in [-0.25, -0.2) is 9.37 Å². The molecule has 0 unspecified atom stereocenters. The van der Waals surface area contributed by atoms with Crippen molar-refractivity contribution in [1.29, 1.82) is 0 Å². The predicted molar refractivity (Wildman–Crippen MR) is 90.6 cm³/mol. The molecule has 0 amide bonds. The average molecular weight is 353 g/mol. The Bertz CT molecular complexity index is 828. The lowest BCUT2D eigenvalue weighted by atomic mass is 10.2. The van der Waals surface area contributed by atoms with Crippen molar-refractivity contribution in [3.05, 3.63) is 35.2 Å². The maximum Gasteiger partial charge on any atom is 0.201 e. The van der Waals surface area contributed by atoms with Gasteiger partial charge in [-0.15, -0.1) is 0 Å². The number of aryl methyl sites for hydroxylation is 1. The summed E-state index contributed by atoms with van der Waals surface area (Å²) in [4.78, 5) is 5.92. The lowest BCUT2D eigenvalue weighted by Gasteiger charge is -2.33. The highest BCUT2D eigenvalue weighted by molar-refractivity contribution is 7.80. The quantitative estimate of drug-likeness (QED) is 0.726. The summed E-state index contributed by atoms with van der Waals surface area (Å²) in [5.74, 6) is 0.542. The van der Waals surface area contributed by atoms with Crippen LogP contribution in [0.1, 0.15) is 18.7 Å². The van der Waals surface area contributed by atoms with E-state index in [2.05, 4.69) is 11.6 Å². The molecule has 0 atom stereocenters. The molecule has 4 rings (SSSR count).